The monoisotopic (exact) mass is 205 g/mol. The van der Waals surface area contributed by atoms with Crippen molar-refractivity contribution in [2.75, 3.05) is 18.6 Å². The first kappa shape index (κ1) is 9.71. The number of anilines is 1. The number of rotatable bonds is 2. The molecule has 1 saturated heterocycles. The molecule has 0 N–H and O–H groups in total. The number of esters is 1. The lowest BCUT2D eigenvalue weighted by Crippen LogP contribution is -2.43. The number of ether oxygens (including phenoxy) is 1. The molecule has 4 heteroatoms. The molecule has 1 aromatic rings. The Balaban J connectivity index is 2.17. The normalized spacial score (nSPS) is 14.7. The van der Waals surface area contributed by atoms with E-state index in [2.05, 4.69) is 4.74 Å². The Bertz CT molecular complexity index is 397. The molecule has 4 nitrogen and oxygen atoms in total. The van der Waals surface area contributed by atoms with Crippen molar-refractivity contribution in [1.29, 1.82) is 0 Å². The van der Waals surface area contributed by atoms with Crippen LogP contribution in [0.25, 0.3) is 0 Å². The van der Waals surface area contributed by atoms with Crippen LogP contribution >= 0.6 is 0 Å². The summed E-state index contributed by atoms with van der Waals surface area (Å²) in [5.41, 5.74) is 1.33. The second-order valence-corrected chi connectivity index (χ2v) is 3.33. The summed E-state index contributed by atoms with van der Waals surface area (Å²) in [6.45, 7) is 0.760. The summed E-state index contributed by atoms with van der Waals surface area (Å²) in [6.07, 6.45) is 0.610. The Morgan fingerprint density at radius 1 is 1.33 bits per heavy atom. The summed E-state index contributed by atoms with van der Waals surface area (Å²) in [5.74, 6) is -0.239. The van der Waals surface area contributed by atoms with Crippen LogP contribution in [-0.4, -0.2) is 25.5 Å². The van der Waals surface area contributed by atoms with E-state index in [1.165, 1.54) is 7.11 Å². The van der Waals surface area contributed by atoms with E-state index in [-0.39, 0.29) is 11.9 Å². The highest BCUT2D eigenvalue weighted by atomic mass is 16.5. The standard InChI is InChI=1S/C11H11NO3/c1-15-11(14)8-2-4-9(5-3-8)12-7-6-10(12)13/h2-5H,6-7H2,1H3. The third-order valence-electron chi connectivity index (χ3n) is 2.45. The quantitative estimate of drug-likeness (QED) is 0.538. The van der Waals surface area contributed by atoms with Gasteiger partial charge in [0.05, 0.1) is 12.7 Å². The van der Waals surface area contributed by atoms with Crippen molar-refractivity contribution in [3.63, 3.8) is 0 Å². The second-order valence-electron chi connectivity index (χ2n) is 3.33. The van der Waals surface area contributed by atoms with Crippen molar-refractivity contribution >= 4 is 17.6 Å². The van der Waals surface area contributed by atoms with Crippen molar-refractivity contribution in [1.82, 2.24) is 0 Å². The molecular formula is C11H11NO3. The van der Waals surface area contributed by atoms with Gasteiger partial charge in [-0.15, -0.1) is 0 Å². The van der Waals surface area contributed by atoms with Crippen LogP contribution < -0.4 is 4.90 Å². The lowest BCUT2D eigenvalue weighted by Gasteiger charge is -2.30. The predicted molar refractivity (Wildman–Crippen MR) is 54.8 cm³/mol. The Kier molecular flexibility index (Phi) is 2.41. The molecular weight excluding hydrogens is 194 g/mol. The third-order valence-corrected chi connectivity index (χ3v) is 2.45. The Morgan fingerprint density at radius 2 is 2.00 bits per heavy atom. The Labute approximate surface area is 87.4 Å². The molecule has 1 amide bonds. The molecule has 0 spiro atoms. The van der Waals surface area contributed by atoms with Crippen LogP contribution in [-0.2, 0) is 9.53 Å². The molecule has 0 bridgehead atoms. The minimum absolute atomic E-state index is 0.126. The van der Waals surface area contributed by atoms with Gasteiger partial charge in [-0.25, -0.2) is 4.79 Å². The van der Waals surface area contributed by atoms with Gasteiger partial charge in [0.1, 0.15) is 0 Å². The van der Waals surface area contributed by atoms with Gasteiger partial charge >= 0.3 is 5.97 Å². The number of carbonyl (C=O) groups excluding carboxylic acids is 2. The molecule has 78 valence electrons. The lowest BCUT2D eigenvalue weighted by atomic mass is 10.1. The highest BCUT2D eigenvalue weighted by Crippen LogP contribution is 2.21. The first-order valence-corrected chi connectivity index (χ1v) is 4.71. The zero-order chi connectivity index (χ0) is 10.8. The highest BCUT2D eigenvalue weighted by Gasteiger charge is 2.24. The van der Waals surface area contributed by atoms with Crippen molar-refractivity contribution in [3.05, 3.63) is 29.8 Å². The summed E-state index contributed by atoms with van der Waals surface area (Å²) < 4.78 is 4.58. The number of amides is 1. The summed E-state index contributed by atoms with van der Waals surface area (Å²) in [6, 6.07) is 6.83. The molecule has 0 unspecified atom stereocenters. The molecule has 0 aromatic heterocycles. The first-order chi connectivity index (χ1) is 7.22. The fourth-order valence-electron chi connectivity index (χ4n) is 1.48. The van der Waals surface area contributed by atoms with E-state index in [1.807, 2.05) is 0 Å². The number of nitrogens with zero attached hydrogens (tertiary/aromatic N) is 1. The third kappa shape index (κ3) is 1.70. The fourth-order valence-corrected chi connectivity index (χ4v) is 1.48. The van der Waals surface area contributed by atoms with Crippen LogP contribution in [0.2, 0.25) is 0 Å². The van der Waals surface area contributed by atoms with Crippen LogP contribution in [0.3, 0.4) is 0 Å². The van der Waals surface area contributed by atoms with E-state index in [4.69, 9.17) is 0 Å². The van der Waals surface area contributed by atoms with Gasteiger partial charge in [-0.05, 0) is 24.3 Å². The maximum Gasteiger partial charge on any atom is 0.337 e. The topological polar surface area (TPSA) is 46.6 Å². The van der Waals surface area contributed by atoms with Gasteiger partial charge in [0.25, 0.3) is 0 Å². The average Bonchev–Trinajstić information content (AvgIpc) is 2.27. The molecule has 0 atom stereocenters. The molecule has 15 heavy (non-hydrogen) atoms. The van der Waals surface area contributed by atoms with Crippen LogP contribution in [0, 0.1) is 0 Å². The van der Waals surface area contributed by atoms with Gasteiger partial charge in [-0.2, -0.15) is 0 Å². The molecule has 1 aliphatic rings. The Morgan fingerprint density at radius 3 is 2.40 bits per heavy atom. The van der Waals surface area contributed by atoms with Gasteiger partial charge in [0.15, 0.2) is 0 Å². The van der Waals surface area contributed by atoms with Crippen LogP contribution in [0.4, 0.5) is 5.69 Å². The summed E-state index contributed by atoms with van der Waals surface area (Å²) in [5, 5.41) is 0. The maximum absolute atomic E-state index is 11.1. The van der Waals surface area contributed by atoms with Gasteiger partial charge in [-0.3, -0.25) is 4.79 Å². The molecule has 0 aliphatic carbocycles. The van der Waals surface area contributed by atoms with Crippen molar-refractivity contribution < 1.29 is 14.3 Å². The number of carbonyl (C=O) groups is 2. The molecule has 1 aromatic carbocycles. The van der Waals surface area contributed by atoms with Crippen molar-refractivity contribution in [2.45, 2.75) is 6.42 Å². The number of methoxy groups -OCH3 is 1. The van der Waals surface area contributed by atoms with Gasteiger partial charge < -0.3 is 9.64 Å². The fraction of sp³-hybridized carbons (Fsp3) is 0.273. The summed E-state index contributed by atoms with van der Waals surface area (Å²) in [4.78, 5) is 24.0. The zero-order valence-electron chi connectivity index (χ0n) is 8.40. The van der Waals surface area contributed by atoms with E-state index in [0.29, 0.717) is 12.0 Å². The average molecular weight is 205 g/mol. The van der Waals surface area contributed by atoms with E-state index in [1.54, 1.807) is 29.2 Å². The van der Waals surface area contributed by atoms with Gasteiger partial charge in [0.2, 0.25) is 5.91 Å². The van der Waals surface area contributed by atoms with Gasteiger partial charge in [0, 0.05) is 18.7 Å². The van der Waals surface area contributed by atoms with E-state index in [0.717, 1.165) is 12.2 Å². The van der Waals surface area contributed by atoms with Gasteiger partial charge in [-0.1, -0.05) is 0 Å². The molecule has 0 saturated carbocycles. The molecule has 1 aliphatic heterocycles. The largest absolute Gasteiger partial charge is 0.465 e. The number of hydrogen-bond donors (Lipinski definition) is 0. The number of hydrogen-bond acceptors (Lipinski definition) is 3. The number of benzene rings is 1. The molecule has 2 rings (SSSR count). The maximum atomic E-state index is 11.1. The van der Waals surface area contributed by atoms with Crippen molar-refractivity contribution in [3.8, 4) is 0 Å². The smallest absolute Gasteiger partial charge is 0.337 e. The van der Waals surface area contributed by atoms with E-state index in [9.17, 15) is 9.59 Å². The van der Waals surface area contributed by atoms with E-state index >= 15 is 0 Å². The SMILES string of the molecule is COC(=O)c1ccc(N2CCC2=O)cc1. The van der Waals surface area contributed by atoms with E-state index < -0.39 is 0 Å². The Hall–Kier alpha value is -1.84. The zero-order valence-corrected chi connectivity index (χ0v) is 8.40. The molecule has 1 heterocycles. The van der Waals surface area contributed by atoms with Crippen LogP contribution in [0.1, 0.15) is 16.8 Å². The van der Waals surface area contributed by atoms with Crippen LogP contribution in [0.5, 0.6) is 0 Å². The van der Waals surface area contributed by atoms with Crippen LogP contribution in [0.15, 0.2) is 24.3 Å². The minimum Gasteiger partial charge on any atom is -0.465 e. The first-order valence-electron chi connectivity index (χ1n) is 4.71. The second kappa shape index (κ2) is 3.73. The minimum atomic E-state index is -0.364. The van der Waals surface area contributed by atoms with Crippen molar-refractivity contribution in [2.24, 2.45) is 0 Å². The predicted octanol–water partition coefficient (Wildman–Crippen LogP) is 1.21. The lowest BCUT2D eigenvalue weighted by molar-refractivity contribution is -0.122. The highest BCUT2D eigenvalue weighted by molar-refractivity contribution is 5.99. The number of β-lactam (4-membered cyclic amide) rings is 1. The summed E-state index contributed by atoms with van der Waals surface area (Å²) in [7, 11) is 1.34. The summed E-state index contributed by atoms with van der Waals surface area (Å²) >= 11 is 0. The molecule has 0 radical (unpaired) electrons. The molecule has 1 fully saturated rings.